The third-order valence-electron chi connectivity index (χ3n) is 5.37. The van der Waals surface area contributed by atoms with Crippen molar-refractivity contribution in [2.24, 2.45) is 0 Å². The minimum atomic E-state index is -3.96. The number of carbonyl (C=O) groups excluding carboxylic acids is 1. The van der Waals surface area contributed by atoms with Crippen LogP contribution in [0.1, 0.15) is 18.4 Å². The minimum Gasteiger partial charge on any atom is -0.480 e. The predicted molar refractivity (Wildman–Crippen MR) is 108 cm³/mol. The van der Waals surface area contributed by atoms with Gasteiger partial charge >= 0.3 is 0 Å². The lowest BCUT2D eigenvalue weighted by Gasteiger charge is -2.20. The molecule has 0 radical (unpaired) electrons. The molecule has 1 aromatic carbocycles. The van der Waals surface area contributed by atoms with Crippen molar-refractivity contribution >= 4 is 32.7 Å². The van der Waals surface area contributed by atoms with Gasteiger partial charge in [0.2, 0.25) is 0 Å². The van der Waals surface area contributed by atoms with Gasteiger partial charge in [-0.1, -0.05) is 6.07 Å². The molecular weight excluding hydrogens is 392 g/mol. The Kier molecular flexibility index (Phi) is 4.29. The van der Waals surface area contributed by atoms with E-state index in [2.05, 4.69) is 15.6 Å². The molecule has 4 heterocycles. The van der Waals surface area contributed by atoms with Crippen LogP contribution in [0.15, 0.2) is 47.6 Å². The number of carbonyl (C=O) groups is 1. The van der Waals surface area contributed by atoms with Crippen molar-refractivity contribution in [2.75, 3.05) is 18.5 Å². The second kappa shape index (κ2) is 6.85. The van der Waals surface area contributed by atoms with Crippen LogP contribution >= 0.6 is 0 Å². The first-order valence-corrected chi connectivity index (χ1v) is 11.0. The van der Waals surface area contributed by atoms with E-state index in [1.165, 1.54) is 10.0 Å². The maximum atomic E-state index is 13.6. The van der Waals surface area contributed by atoms with Crippen molar-refractivity contribution in [3.8, 4) is 5.75 Å². The summed E-state index contributed by atoms with van der Waals surface area (Å²) in [5.41, 5.74) is 2.46. The molecule has 0 saturated carbocycles. The number of anilines is 1. The van der Waals surface area contributed by atoms with Crippen LogP contribution in [0, 0.1) is 0 Å². The largest absolute Gasteiger partial charge is 0.480 e. The molecule has 1 fully saturated rings. The van der Waals surface area contributed by atoms with E-state index in [1.54, 1.807) is 36.7 Å². The number of nitrogens with one attached hydrogen (secondary N) is 2. The second-order valence-corrected chi connectivity index (χ2v) is 9.08. The third kappa shape index (κ3) is 3.06. The molecule has 0 unspecified atom stereocenters. The van der Waals surface area contributed by atoms with Crippen LogP contribution in [0.5, 0.6) is 5.75 Å². The zero-order chi connectivity index (χ0) is 20.0. The van der Waals surface area contributed by atoms with E-state index in [1.807, 2.05) is 0 Å². The number of nitrogens with zero attached hydrogens (tertiary/aromatic N) is 2. The fourth-order valence-corrected chi connectivity index (χ4v) is 5.57. The zero-order valence-electron chi connectivity index (χ0n) is 15.6. The smallest absolute Gasteiger partial charge is 0.271 e. The molecular formula is C20H20N4O4S. The van der Waals surface area contributed by atoms with Crippen molar-refractivity contribution in [2.45, 2.75) is 30.2 Å². The van der Waals surface area contributed by atoms with Crippen LogP contribution in [0.4, 0.5) is 5.69 Å². The molecule has 8 nitrogen and oxygen atoms in total. The van der Waals surface area contributed by atoms with Crippen molar-refractivity contribution < 1.29 is 17.9 Å². The molecule has 2 aliphatic heterocycles. The molecule has 29 heavy (non-hydrogen) atoms. The van der Waals surface area contributed by atoms with Crippen LogP contribution in [-0.4, -0.2) is 42.5 Å². The number of para-hydroxylation sites is 1. The van der Waals surface area contributed by atoms with E-state index in [0.717, 1.165) is 31.4 Å². The van der Waals surface area contributed by atoms with Gasteiger partial charge in [0.25, 0.3) is 15.9 Å². The lowest BCUT2D eigenvalue weighted by atomic mass is 10.1. The quantitative estimate of drug-likeness (QED) is 0.679. The van der Waals surface area contributed by atoms with Crippen LogP contribution in [-0.2, 0) is 21.2 Å². The maximum absolute atomic E-state index is 13.6. The number of fused-ring (bicyclic) bond motifs is 2. The van der Waals surface area contributed by atoms with Crippen LogP contribution in [0.2, 0.25) is 0 Å². The van der Waals surface area contributed by atoms with Gasteiger partial charge in [0.05, 0.1) is 16.7 Å². The lowest BCUT2D eigenvalue weighted by molar-refractivity contribution is -0.118. The summed E-state index contributed by atoms with van der Waals surface area (Å²) in [5, 5.41) is 6.10. The first-order chi connectivity index (χ1) is 14.0. The van der Waals surface area contributed by atoms with Crippen molar-refractivity contribution in [3.63, 3.8) is 0 Å². The summed E-state index contributed by atoms with van der Waals surface area (Å²) in [6.07, 6.45) is 6.23. The topological polar surface area (TPSA) is 102 Å². The fraction of sp³-hybridized carbons (Fsp3) is 0.300. The predicted octanol–water partition coefficient (Wildman–Crippen LogP) is 1.90. The molecule has 9 heteroatoms. The van der Waals surface area contributed by atoms with Gasteiger partial charge in [-0.25, -0.2) is 12.4 Å². The molecule has 1 saturated heterocycles. The normalized spacial score (nSPS) is 19.0. The molecule has 2 aliphatic rings. The molecule has 0 aliphatic carbocycles. The summed E-state index contributed by atoms with van der Waals surface area (Å²) in [5.74, 6) is -0.147. The average molecular weight is 412 g/mol. The summed E-state index contributed by atoms with van der Waals surface area (Å²) < 4.78 is 33.9. The Hall–Kier alpha value is -2.91. The molecule has 5 rings (SSSR count). The summed E-state index contributed by atoms with van der Waals surface area (Å²) in [6.45, 7) is 0.764. The molecule has 150 valence electrons. The third-order valence-corrected chi connectivity index (χ3v) is 7.06. The molecule has 0 bridgehead atoms. The van der Waals surface area contributed by atoms with Crippen LogP contribution in [0.25, 0.3) is 11.0 Å². The molecule has 3 aromatic rings. The van der Waals surface area contributed by atoms with E-state index in [9.17, 15) is 13.2 Å². The molecule has 1 atom stereocenters. The van der Waals surface area contributed by atoms with Gasteiger partial charge < -0.3 is 15.4 Å². The highest BCUT2D eigenvalue weighted by Gasteiger charge is 2.30. The molecule has 2 N–H and O–H groups in total. The Labute approximate surface area is 167 Å². The maximum Gasteiger partial charge on any atom is 0.271 e. The molecule has 2 aromatic heterocycles. The Morgan fingerprint density at radius 1 is 1.24 bits per heavy atom. The minimum absolute atomic E-state index is 0.0151. The van der Waals surface area contributed by atoms with Crippen molar-refractivity contribution in [1.82, 2.24) is 14.3 Å². The summed E-state index contributed by atoms with van der Waals surface area (Å²) in [4.78, 5) is 16.1. The summed E-state index contributed by atoms with van der Waals surface area (Å²) in [7, 11) is -3.96. The van der Waals surface area contributed by atoms with Gasteiger partial charge in [0.15, 0.2) is 12.4 Å². The number of hydrogen-bond acceptors (Lipinski definition) is 6. The van der Waals surface area contributed by atoms with E-state index >= 15 is 0 Å². The van der Waals surface area contributed by atoms with E-state index in [4.69, 9.17) is 4.74 Å². The van der Waals surface area contributed by atoms with Gasteiger partial charge in [-0.15, -0.1) is 0 Å². The van der Waals surface area contributed by atoms with Gasteiger partial charge in [-0.2, -0.15) is 0 Å². The highest BCUT2D eigenvalue weighted by molar-refractivity contribution is 7.90. The Bertz CT molecular complexity index is 1210. The van der Waals surface area contributed by atoms with Crippen molar-refractivity contribution in [3.05, 3.63) is 48.3 Å². The Morgan fingerprint density at radius 2 is 2.14 bits per heavy atom. The average Bonchev–Trinajstić information content (AvgIpc) is 3.36. The number of pyridine rings is 1. The van der Waals surface area contributed by atoms with Gasteiger partial charge in [-0.05, 0) is 55.6 Å². The monoisotopic (exact) mass is 412 g/mol. The zero-order valence-corrected chi connectivity index (χ0v) is 16.4. The number of benzene rings is 1. The Balaban J connectivity index is 1.64. The highest BCUT2D eigenvalue weighted by atomic mass is 32.2. The van der Waals surface area contributed by atoms with E-state index < -0.39 is 10.0 Å². The van der Waals surface area contributed by atoms with E-state index in [0.29, 0.717) is 22.8 Å². The van der Waals surface area contributed by atoms with Gasteiger partial charge in [0.1, 0.15) is 4.90 Å². The number of rotatable bonds is 4. The first kappa shape index (κ1) is 18.1. The number of ether oxygens (including phenoxy) is 1. The van der Waals surface area contributed by atoms with E-state index in [-0.39, 0.29) is 23.2 Å². The summed E-state index contributed by atoms with van der Waals surface area (Å²) >= 11 is 0. The molecule has 1 amide bonds. The summed E-state index contributed by atoms with van der Waals surface area (Å²) in [6, 6.07) is 8.51. The standard InChI is InChI=1S/C20H20N4O4S/c25-18-12-28-20-15(23-18)5-1-7-17(20)29(26,27)24-11-13(10-14-4-2-8-21-14)19-16(24)6-3-9-22-19/h1,3,5-7,9,11,14,21H,2,4,8,10,12H2,(H,23,25)/t14-/m1/s1. The van der Waals surface area contributed by atoms with Gasteiger partial charge in [-0.3, -0.25) is 9.78 Å². The molecule has 0 spiro atoms. The second-order valence-electron chi connectivity index (χ2n) is 7.29. The Morgan fingerprint density at radius 3 is 2.97 bits per heavy atom. The van der Waals surface area contributed by atoms with Crippen LogP contribution in [0.3, 0.4) is 0 Å². The fourth-order valence-electron chi connectivity index (χ4n) is 4.04. The highest BCUT2D eigenvalue weighted by Crippen LogP contribution is 2.37. The van der Waals surface area contributed by atoms with Crippen molar-refractivity contribution in [1.29, 1.82) is 0 Å². The van der Waals surface area contributed by atoms with Gasteiger partial charge in [0, 0.05) is 18.4 Å². The SMILES string of the molecule is O=C1COc2c(cccc2S(=O)(=O)n2cc(C[C@H]3CCCN3)c3ncccc32)N1. The number of amides is 1. The lowest BCUT2D eigenvalue weighted by Crippen LogP contribution is -2.27. The van der Waals surface area contributed by atoms with Crippen LogP contribution < -0.4 is 15.4 Å². The number of aromatic nitrogens is 2. The first-order valence-electron chi connectivity index (χ1n) is 9.53. The number of hydrogen-bond donors (Lipinski definition) is 2.